The van der Waals surface area contributed by atoms with Crippen LogP contribution in [0.4, 0.5) is 0 Å². The molecule has 0 saturated heterocycles. The fraction of sp³-hybridized carbons (Fsp3) is 0.867. The first-order chi connectivity index (χ1) is 9.10. The molecule has 0 spiro atoms. The maximum atomic E-state index is 12.2. The van der Waals surface area contributed by atoms with Gasteiger partial charge in [0.1, 0.15) is 0 Å². The molecule has 1 amide bonds. The zero-order valence-electron chi connectivity index (χ0n) is 12.2. The Morgan fingerprint density at radius 2 is 1.84 bits per heavy atom. The van der Waals surface area contributed by atoms with Crippen molar-refractivity contribution in [2.75, 3.05) is 0 Å². The number of unbranched alkanes of at least 4 members (excludes halogenated alkanes) is 1. The highest BCUT2D eigenvalue weighted by Crippen LogP contribution is 2.32. The van der Waals surface area contributed by atoms with Crippen molar-refractivity contribution in [2.24, 2.45) is 11.8 Å². The summed E-state index contributed by atoms with van der Waals surface area (Å²) in [6.07, 6.45) is 7.46. The third-order valence-electron chi connectivity index (χ3n) is 4.06. The molecule has 0 aromatic heterocycles. The van der Waals surface area contributed by atoms with Gasteiger partial charge in [-0.05, 0) is 25.7 Å². The predicted molar refractivity (Wildman–Crippen MR) is 74.8 cm³/mol. The second-order valence-electron chi connectivity index (χ2n) is 5.62. The van der Waals surface area contributed by atoms with Gasteiger partial charge in [-0.3, -0.25) is 9.59 Å². The molecule has 1 saturated carbocycles. The third-order valence-corrected chi connectivity index (χ3v) is 4.06. The van der Waals surface area contributed by atoms with E-state index in [0.717, 1.165) is 44.9 Å². The number of carboxylic acid groups (broad SMARTS) is 1. The molecule has 0 aromatic carbocycles. The van der Waals surface area contributed by atoms with E-state index in [2.05, 4.69) is 19.2 Å². The van der Waals surface area contributed by atoms with Crippen molar-refractivity contribution in [1.29, 1.82) is 0 Å². The minimum absolute atomic E-state index is 0.0422. The van der Waals surface area contributed by atoms with Crippen LogP contribution in [-0.4, -0.2) is 23.0 Å². The van der Waals surface area contributed by atoms with E-state index in [-0.39, 0.29) is 17.9 Å². The summed E-state index contributed by atoms with van der Waals surface area (Å²) in [5.41, 5.74) is 0. The lowest BCUT2D eigenvalue weighted by Crippen LogP contribution is -2.41. The fourth-order valence-corrected chi connectivity index (χ4v) is 2.97. The summed E-state index contributed by atoms with van der Waals surface area (Å²) in [6, 6.07) is 0.215. The molecular weight excluding hydrogens is 242 g/mol. The van der Waals surface area contributed by atoms with E-state index in [1.807, 2.05) is 0 Å². The maximum absolute atomic E-state index is 12.2. The molecule has 0 aliphatic heterocycles. The van der Waals surface area contributed by atoms with E-state index in [9.17, 15) is 9.59 Å². The van der Waals surface area contributed by atoms with Gasteiger partial charge in [-0.2, -0.15) is 0 Å². The molecule has 0 aromatic rings. The molecule has 3 unspecified atom stereocenters. The minimum Gasteiger partial charge on any atom is -0.481 e. The number of nitrogens with one attached hydrogen (secondary N) is 1. The van der Waals surface area contributed by atoms with Crippen molar-refractivity contribution < 1.29 is 14.7 Å². The van der Waals surface area contributed by atoms with E-state index in [1.54, 1.807) is 0 Å². The number of amides is 1. The fourth-order valence-electron chi connectivity index (χ4n) is 2.97. The van der Waals surface area contributed by atoms with E-state index < -0.39 is 11.9 Å². The topological polar surface area (TPSA) is 66.4 Å². The van der Waals surface area contributed by atoms with Gasteiger partial charge in [0.15, 0.2) is 0 Å². The second-order valence-corrected chi connectivity index (χ2v) is 5.62. The van der Waals surface area contributed by atoms with Gasteiger partial charge in [-0.15, -0.1) is 0 Å². The smallest absolute Gasteiger partial charge is 0.307 e. The van der Waals surface area contributed by atoms with Crippen LogP contribution in [0.1, 0.15) is 65.2 Å². The van der Waals surface area contributed by atoms with E-state index in [4.69, 9.17) is 5.11 Å². The first kappa shape index (κ1) is 16.0. The number of hydrogen-bond donors (Lipinski definition) is 2. The summed E-state index contributed by atoms with van der Waals surface area (Å²) >= 11 is 0. The molecular formula is C15H27NO3. The number of carboxylic acids is 1. The van der Waals surface area contributed by atoms with Crippen LogP contribution in [0.2, 0.25) is 0 Å². The first-order valence-electron chi connectivity index (χ1n) is 7.63. The Balaban J connectivity index is 2.52. The largest absolute Gasteiger partial charge is 0.481 e. The van der Waals surface area contributed by atoms with Crippen LogP contribution in [0, 0.1) is 11.8 Å². The van der Waals surface area contributed by atoms with Crippen LogP contribution in [0.15, 0.2) is 0 Å². The zero-order chi connectivity index (χ0) is 14.3. The van der Waals surface area contributed by atoms with Crippen LogP contribution in [0.25, 0.3) is 0 Å². The van der Waals surface area contributed by atoms with Gasteiger partial charge < -0.3 is 10.4 Å². The van der Waals surface area contributed by atoms with Gasteiger partial charge in [-0.1, -0.05) is 39.5 Å². The highest BCUT2D eigenvalue weighted by atomic mass is 16.4. The van der Waals surface area contributed by atoms with Crippen molar-refractivity contribution in [3.8, 4) is 0 Å². The van der Waals surface area contributed by atoms with Gasteiger partial charge in [0, 0.05) is 6.04 Å². The number of aliphatic carboxylic acids is 1. The average molecular weight is 269 g/mol. The summed E-state index contributed by atoms with van der Waals surface area (Å²) < 4.78 is 0. The second kappa shape index (κ2) is 8.18. The van der Waals surface area contributed by atoms with Gasteiger partial charge in [0.2, 0.25) is 5.91 Å². The Morgan fingerprint density at radius 1 is 1.16 bits per heavy atom. The lowest BCUT2D eigenvalue weighted by atomic mass is 9.94. The van der Waals surface area contributed by atoms with Gasteiger partial charge in [0.05, 0.1) is 11.8 Å². The van der Waals surface area contributed by atoms with Crippen molar-refractivity contribution in [3.05, 3.63) is 0 Å². The summed E-state index contributed by atoms with van der Waals surface area (Å²) in [6.45, 7) is 4.25. The van der Waals surface area contributed by atoms with Crippen LogP contribution in [0.5, 0.6) is 0 Å². The van der Waals surface area contributed by atoms with E-state index in [0.29, 0.717) is 6.42 Å². The molecule has 0 heterocycles. The molecule has 1 aliphatic rings. The Kier molecular flexibility index (Phi) is 6.89. The molecule has 110 valence electrons. The minimum atomic E-state index is -0.821. The molecule has 4 nitrogen and oxygen atoms in total. The highest BCUT2D eigenvalue weighted by molar-refractivity contribution is 5.85. The summed E-state index contributed by atoms with van der Waals surface area (Å²) in [4.78, 5) is 23.4. The molecule has 19 heavy (non-hydrogen) atoms. The van der Waals surface area contributed by atoms with Crippen LogP contribution in [-0.2, 0) is 9.59 Å². The number of carbonyl (C=O) groups excluding carboxylic acids is 1. The monoisotopic (exact) mass is 269 g/mol. The normalized spacial score (nSPS) is 24.1. The van der Waals surface area contributed by atoms with Crippen molar-refractivity contribution in [1.82, 2.24) is 5.32 Å². The van der Waals surface area contributed by atoms with Gasteiger partial charge >= 0.3 is 5.97 Å². The van der Waals surface area contributed by atoms with Crippen molar-refractivity contribution >= 4 is 11.9 Å². The Bertz CT molecular complexity index is 304. The number of rotatable bonds is 8. The van der Waals surface area contributed by atoms with Gasteiger partial charge in [-0.25, -0.2) is 0 Å². The van der Waals surface area contributed by atoms with Crippen LogP contribution in [0.3, 0.4) is 0 Å². The Hall–Kier alpha value is -1.06. The Labute approximate surface area is 116 Å². The van der Waals surface area contributed by atoms with Crippen LogP contribution >= 0.6 is 0 Å². The highest BCUT2D eigenvalue weighted by Gasteiger charge is 2.38. The lowest BCUT2D eigenvalue weighted by Gasteiger charge is -2.22. The lowest BCUT2D eigenvalue weighted by molar-refractivity contribution is -0.146. The van der Waals surface area contributed by atoms with Crippen molar-refractivity contribution in [2.45, 2.75) is 71.3 Å². The molecule has 4 heteroatoms. The Morgan fingerprint density at radius 3 is 2.42 bits per heavy atom. The standard InChI is InChI=1S/C15H27NO3/c1-3-5-8-11(7-4-2)16-14(17)12-9-6-10-13(12)15(18)19/h11-13H,3-10H2,1-2H3,(H,16,17)(H,18,19). The molecule has 1 fully saturated rings. The number of carbonyl (C=O) groups is 2. The molecule has 3 atom stereocenters. The SMILES string of the molecule is CCCCC(CCC)NC(=O)C1CCCC1C(=O)O. The summed E-state index contributed by atoms with van der Waals surface area (Å²) in [7, 11) is 0. The maximum Gasteiger partial charge on any atom is 0.307 e. The van der Waals surface area contributed by atoms with Crippen LogP contribution < -0.4 is 5.32 Å². The molecule has 0 bridgehead atoms. The average Bonchev–Trinajstić information content (AvgIpc) is 2.85. The van der Waals surface area contributed by atoms with Crippen molar-refractivity contribution in [3.63, 3.8) is 0 Å². The number of hydrogen-bond acceptors (Lipinski definition) is 2. The molecule has 2 N–H and O–H groups in total. The zero-order valence-corrected chi connectivity index (χ0v) is 12.2. The third kappa shape index (κ3) is 4.84. The molecule has 1 rings (SSSR count). The molecule has 0 radical (unpaired) electrons. The summed E-state index contributed by atoms with van der Waals surface area (Å²) in [5.74, 6) is -1.66. The summed E-state index contributed by atoms with van der Waals surface area (Å²) in [5, 5.41) is 12.2. The molecule has 1 aliphatic carbocycles. The van der Waals surface area contributed by atoms with E-state index >= 15 is 0 Å². The van der Waals surface area contributed by atoms with Gasteiger partial charge in [0.25, 0.3) is 0 Å². The van der Waals surface area contributed by atoms with E-state index in [1.165, 1.54) is 0 Å². The quantitative estimate of drug-likeness (QED) is 0.712. The first-order valence-corrected chi connectivity index (χ1v) is 7.63. The predicted octanol–water partition coefficient (Wildman–Crippen LogP) is 2.96.